The molecule has 3 aliphatic rings. The summed E-state index contributed by atoms with van der Waals surface area (Å²) in [6.45, 7) is 11.0. The van der Waals surface area contributed by atoms with Crippen molar-refractivity contribution in [3.8, 4) is 10.4 Å². The van der Waals surface area contributed by atoms with Crippen LogP contribution in [0.15, 0.2) is 22.5 Å². The molecular weight excluding hydrogens is 500 g/mol. The lowest BCUT2D eigenvalue weighted by molar-refractivity contribution is 0.0678. The number of ether oxygens (including phenoxy) is 1. The van der Waals surface area contributed by atoms with Crippen molar-refractivity contribution >= 4 is 21.4 Å². The zero-order valence-corrected chi connectivity index (χ0v) is 24.7. The van der Waals surface area contributed by atoms with Gasteiger partial charge in [-0.25, -0.2) is 18.1 Å². The quantitative estimate of drug-likeness (QED) is 0.389. The largest absolute Gasteiger partial charge is 0.381 e. The van der Waals surface area contributed by atoms with Crippen LogP contribution in [0.3, 0.4) is 0 Å². The SMILES string of the molecule is CC(C)(C)c1cc(-c2sc(S(=O)(=O)NCC3CCOCC3)nc2CC2CCCCC2)cc(C2(C)CC2)c1. The Kier molecular flexibility index (Phi) is 7.90. The van der Waals surface area contributed by atoms with Crippen LogP contribution in [0.25, 0.3) is 10.4 Å². The van der Waals surface area contributed by atoms with Crippen LogP contribution in [0, 0.1) is 11.8 Å². The van der Waals surface area contributed by atoms with E-state index in [4.69, 9.17) is 9.72 Å². The number of thiazole rings is 1. The van der Waals surface area contributed by atoms with E-state index in [2.05, 4.69) is 50.6 Å². The summed E-state index contributed by atoms with van der Waals surface area (Å²) in [5, 5.41) is 0. The van der Waals surface area contributed by atoms with Gasteiger partial charge in [-0.1, -0.05) is 65.9 Å². The van der Waals surface area contributed by atoms with Gasteiger partial charge in [0.25, 0.3) is 10.0 Å². The standard InChI is InChI=1S/C30H44N2O3S2/c1-29(2,3)24-17-23(18-25(19-24)30(4)12-13-30)27-26(16-21-8-6-5-7-9-21)32-28(36-27)37(33,34)31-20-22-10-14-35-15-11-22/h17-19,21-22,31H,5-16,20H2,1-4H3. The zero-order chi connectivity index (χ0) is 26.3. The highest BCUT2D eigenvalue weighted by Crippen LogP contribution is 2.50. The summed E-state index contributed by atoms with van der Waals surface area (Å²) in [5.74, 6) is 0.918. The van der Waals surface area contributed by atoms with E-state index in [0.29, 0.717) is 31.6 Å². The fraction of sp³-hybridized carbons (Fsp3) is 0.700. The lowest BCUT2D eigenvalue weighted by Crippen LogP contribution is -2.32. The van der Waals surface area contributed by atoms with E-state index in [0.717, 1.165) is 35.4 Å². The van der Waals surface area contributed by atoms with Crippen molar-refractivity contribution in [3.05, 3.63) is 35.0 Å². The predicted octanol–water partition coefficient (Wildman–Crippen LogP) is 6.99. The number of nitrogens with one attached hydrogen (secondary N) is 1. The Morgan fingerprint density at radius 3 is 2.38 bits per heavy atom. The van der Waals surface area contributed by atoms with Crippen molar-refractivity contribution in [3.63, 3.8) is 0 Å². The topological polar surface area (TPSA) is 68.3 Å². The van der Waals surface area contributed by atoms with Crippen molar-refractivity contribution in [2.24, 2.45) is 11.8 Å². The molecule has 1 N–H and O–H groups in total. The molecule has 1 aliphatic heterocycles. The van der Waals surface area contributed by atoms with E-state index in [1.54, 1.807) is 0 Å². The van der Waals surface area contributed by atoms with E-state index < -0.39 is 10.0 Å². The minimum atomic E-state index is -3.66. The fourth-order valence-corrected chi connectivity index (χ4v) is 8.22. The highest BCUT2D eigenvalue weighted by atomic mass is 32.2. The number of sulfonamides is 1. The summed E-state index contributed by atoms with van der Waals surface area (Å²) in [7, 11) is -3.66. The first-order valence-electron chi connectivity index (χ1n) is 14.3. The minimum absolute atomic E-state index is 0.0183. The molecule has 2 heterocycles. The lowest BCUT2D eigenvalue weighted by atomic mass is 9.82. The first-order chi connectivity index (χ1) is 17.5. The van der Waals surface area contributed by atoms with Crippen molar-refractivity contribution < 1.29 is 13.2 Å². The Hall–Kier alpha value is -1.28. The third-order valence-corrected chi connectivity index (χ3v) is 11.7. The lowest BCUT2D eigenvalue weighted by Gasteiger charge is -2.24. The number of benzene rings is 1. The van der Waals surface area contributed by atoms with E-state index in [9.17, 15) is 8.42 Å². The second kappa shape index (κ2) is 10.7. The molecule has 0 bridgehead atoms. The van der Waals surface area contributed by atoms with Crippen molar-refractivity contribution in [2.75, 3.05) is 19.8 Å². The third kappa shape index (κ3) is 6.48. The molecule has 2 aliphatic carbocycles. The maximum atomic E-state index is 13.4. The molecule has 37 heavy (non-hydrogen) atoms. The predicted molar refractivity (Wildman–Crippen MR) is 152 cm³/mol. The summed E-state index contributed by atoms with van der Waals surface area (Å²) < 4.78 is 35.4. The monoisotopic (exact) mass is 544 g/mol. The van der Waals surface area contributed by atoms with Gasteiger partial charge in [-0.05, 0) is 83.6 Å². The van der Waals surface area contributed by atoms with Gasteiger partial charge in [-0.3, -0.25) is 0 Å². The van der Waals surface area contributed by atoms with E-state index in [1.807, 2.05) is 0 Å². The number of aromatic nitrogens is 1. The molecule has 3 fully saturated rings. The first-order valence-corrected chi connectivity index (χ1v) is 16.6. The van der Waals surface area contributed by atoms with Crippen LogP contribution in [0.4, 0.5) is 0 Å². The highest BCUT2D eigenvalue weighted by Gasteiger charge is 2.40. The minimum Gasteiger partial charge on any atom is -0.381 e. The van der Waals surface area contributed by atoms with Gasteiger partial charge in [0.05, 0.1) is 10.6 Å². The van der Waals surface area contributed by atoms with Gasteiger partial charge in [-0.2, -0.15) is 0 Å². The Labute approximate surface area is 227 Å². The van der Waals surface area contributed by atoms with Crippen LogP contribution in [0.1, 0.15) is 102 Å². The van der Waals surface area contributed by atoms with Gasteiger partial charge in [0.1, 0.15) is 0 Å². The van der Waals surface area contributed by atoms with Gasteiger partial charge in [0.2, 0.25) is 4.34 Å². The maximum Gasteiger partial charge on any atom is 0.267 e. The summed E-state index contributed by atoms with van der Waals surface area (Å²) in [6.07, 6.45) is 11.4. The van der Waals surface area contributed by atoms with Crippen LogP contribution < -0.4 is 4.72 Å². The summed E-state index contributed by atoms with van der Waals surface area (Å²) in [6, 6.07) is 7.00. The molecule has 1 saturated heterocycles. The van der Waals surface area contributed by atoms with Crippen LogP contribution in [-0.2, 0) is 32.0 Å². The smallest absolute Gasteiger partial charge is 0.267 e. The average Bonchev–Trinajstić information content (AvgIpc) is 3.49. The molecule has 0 atom stereocenters. The van der Waals surface area contributed by atoms with Crippen LogP contribution >= 0.6 is 11.3 Å². The molecule has 1 aromatic carbocycles. The molecule has 0 unspecified atom stereocenters. The second-order valence-corrected chi connectivity index (χ2v) is 15.9. The number of nitrogens with zero attached hydrogens (tertiary/aromatic N) is 1. The second-order valence-electron chi connectivity index (χ2n) is 13.0. The molecular formula is C30H44N2O3S2. The molecule has 1 aromatic heterocycles. The van der Waals surface area contributed by atoms with Gasteiger partial charge < -0.3 is 4.74 Å². The molecule has 0 spiro atoms. The molecule has 2 saturated carbocycles. The fourth-order valence-electron chi connectivity index (χ4n) is 5.73. The summed E-state index contributed by atoms with van der Waals surface area (Å²) in [4.78, 5) is 5.91. The van der Waals surface area contributed by atoms with Gasteiger partial charge in [0, 0.05) is 19.8 Å². The third-order valence-electron chi connectivity index (χ3n) is 8.78. The van der Waals surface area contributed by atoms with Crippen LogP contribution in [0.2, 0.25) is 0 Å². The van der Waals surface area contributed by atoms with E-state index in [1.165, 1.54) is 67.4 Å². The maximum absolute atomic E-state index is 13.4. The molecule has 204 valence electrons. The van der Waals surface area contributed by atoms with Crippen LogP contribution in [0.5, 0.6) is 0 Å². The molecule has 5 rings (SSSR count). The Balaban J connectivity index is 1.51. The first kappa shape index (κ1) is 27.3. The van der Waals surface area contributed by atoms with E-state index in [-0.39, 0.29) is 15.2 Å². The van der Waals surface area contributed by atoms with Crippen molar-refractivity contribution in [2.45, 2.75) is 107 Å². The normalized spacial score (nSPS) is 21.3. The zero-order valence-electron chi connectivity index (χ0n) is 23.1. The molecule has 7 heteroatoms. The highest BCUT2D eigenvalue weighted by molar-refractivity contribution is 7.91. The number of hydrogen-bond donors (Lipinski definition) is 1. The molecule has 0 radical (unpaired) electrons. The van der Waals surface area contributed by atoms with Gasteiger partial charge >= 0.3 is 0 Å². The van der Waals surface area contributed by atoms with Gasteiger partial charge in [0.15, 0.2) is 0 Å². The van der Waals surface area contributed by atoms with Crippen molar-refractivity contribution in [1.82, 2.24) is 9.71 Å². The van der Waals surface area contributed by atoms with Gasteiger partial charge in [-0.15, -0.1) is 11.3 Å². The Morgan fingerprint density at radius 1 is 1.03 bits per heavy atom. The summed E-state index contributed by atoms with van der Waals surface area (Å²) in [5.41, 5.74) is 5.07. The molecule has 5 nitrogen and oxygen atoms in total. The van der Waals surface area contributed by atoms with E-state index >= 15 is 0 Å². The number of rotatable bonds is 8. The Bertz CT molecular complexity index is 1170. The Morgan fingerprint density at radius 2 is 1.73 bits per heavy atom. The summed E-state index contributed by atoms with van der Waals surface area (Å²) >= 11 is 1.37. The average molecular weight is 545 g/mol. The van der Waals surface area contributed by atoms with Crippen LogP contribution in [-0.4, -0.2) is 33.2 Å². The molecule has 2 aromatic rings. The number of hydrogen-bond acceptors (Lipinski definition) is 5. The molecule has 0 amide bonds. The van der Waals surface area contributed by atoms with Crippen molar-refractivity contribution in [1.29, 1.82) is 0 Å².